The Kier molecular flexibility index (Phi) is 12.5. The van der Waals surface area contributed by atoms with E-state index in [9.17, 15) is 4.79 Å². The highest BCUT2D eigenvalue weighted by Crippen LogP contribution is 2.12. The lowest BCUT2D eigenvalue weighted by atomic mass is 10.1. The quantitative estimate of drug-likeness (QED) is 0.427. The second-order valence-corrected chi connectivity index (χ2v) is 5.03. The number of unbranched alkanes of at least 4 members (excludes halogenated alkanes) is 8. The average molecular weight is 258 g/mol. The van der Waals surface area contributed by atoms with Crippen LogP contribution in [0.3, 0.4) is 0 Å². The first-order valence-electron chi connectivity index (χ1n) is 7.48. The van der Waals surface area contributed by atoms with Crippen molar-refractivity contribution in [1.82, 2.24) is 0 Å². The number of hydrogen-bond acceptors (Lipinski definition) is 3. The average Bonchev–Trinajstić information content (AvgIpc) is 2.35. The Morgan fingerprint density at radius 2 is 1.50 bits per heavy atom. The molecule has 0 heterocycles. The van der Waals surface area contributed by atoms with Crippen LogP contribution in [0.1, 0.15) is 78.1 Å². The summed E-state index contributed by atoms with van der Waals surface area (Å²) in [6, 6.07) is 0. The smallest absolute Gasteiger partial charge is 0.302 e. The highest BCUT2D eigenvalue weighted by atomic mass is 16.5. The molecule has 0 fully saturated rings. The lowest BCUT2D eigenvalue weighted by Crippen LogP contribution is -2.20. The molecule has 0 spiro atoms. The Morgan fingerprint density at radius 1 is 1.00 bits per heavy atom. The Balaban J connectivity index is 3.25. The standard InChI is InChI=1S/C15H30O3/c1-3-4-5-6-7-8-9-10-11-12-15(13-16)18-14(2)17/h15-16H,3-13H2,1-2H3/t15-/m1/s1. The SMILES string of the molecule is CCCCCCCCCCC[C@H](CO)OC(C)=O. The Hall–Kier alpha value is -0.570. The highest BCUT2D eigenvalue weighted by Gasteiger charge is 2.09. The molecule has 3 nitrogen and oxygen atoms in total. The summed E-state index contributed by atoms with van der Waals surface area (Å²) < 4.78 is 4.98. The summed E-state index contributed by atoms with van der Waals surface area (Å²) >= 11 is 0. The van der Waals surface area contributed by atoms with Gasteiger partial charge in [0.2, 0.25) is 0 Å². The van der Waals surface area contributed by atoms with Crippen LogP contribution >= 0.6 is 0 Å². The van der Waals surface area contributed by atoms with Crippen LogP contribution in [0.25, 0.3) is 0 Å². The third-order valence-corrected chi connectivity index (χ3v) is 3.17. The van der Waals surface area contributed by atoms with E-state index in [0.717, 1.165) is 12.8 Å². The fourth-order valence-electron chi connectivity index (χ4n) is 2.10. The van der Waals surface area contributed by atoms with Crippen molar-refractivity contribution in [2.45, 2.75) is 84.2 Å². The van der Waals surface area contributed by atoms with Gasteiger partial charge in [-0.1, -0.05) is 58.3 Å². The van der Waals surface area contributed by atoms with Crippen molar-refractivity contribution >= 4 is 5.97 Å². The molecular formula is C15H30O3. The Labute approximate surface area is 112 Å². The van der Waals surface area contributed by atoms with Crippen LogP contribution in [0.4, 0.5) is 0 Å². The van der Waals surface area contributed by atoms with Gasteiger partial charge < -0.3 is 9.84 Å². The van der Waals surface area contributed by atoms with Crippen molar-refractivity contribution in [2.24, 2.45) is 0 Å². The number of rotatable bonds is 12. The van der Waals surface area contributed by atoms with E-state index in [1.807, 2.05) is 0 Å². The van der Waals surface area contributed by atoms with Crippen LogP contribution in [-0.2, 0) is 9.53 Å². The fraction of sp³-hybridized carbons (Fsp3) is 0.933. The maximum Gasteiger partial charge on any atom is 0.302 e. The minimum atomic E-state index is -0.301. The van der Waals surface area contributed by atoms with Crippen molar-refractivity contribution in [3.05, 3.63) is 0 Å². The molecule has 0 saturated carbocycles. The third kappa shape index (κ3) is 11.9. The van der Waals surface area contributed by atoms with Gasteiger partial charge >= 0.3 is 5.97 Å². The zero-order valence-corrected chi connectivity index (χ0v) is 12.1. The molecule has 1 atom stereocenters. The molecule has 0 radical (unpaired) electrons. The summed E-state index contributed by atoms with van der Waals surface area (Å²) in [7, 11) is 0. The van der Waals surface area contributed by atoms with Gasteiger partial charge in [0, 0.05) is 6.92 Å². The van der Waals surface area contributed by atoms with Crippen molar-refractivity contribution < 1.29 is 14.6 Å². The van der Waals surface area contributed by atoms with Crippen LogP contribution in [0, 0.1) is 0 Å². The lowest BCUT2D eigenvalue weighted by molar-refractivity contribution is -0.148. The van der Waals surface area contributed by atoms with E-state index < -0.39 is 0 Å². The van der Waals surface area contributed by atoms with Crippen LogP contribution in [0.5, 0.6) is 0 Å². The lowest BCUT2D eigenvalue weighted by Gasteiger charge is -2.13. The molecule has 3 heteroatoms. The van der Waals surface area contributed by atoms with Crippen LogP contribution in [0.2, 0.25) is 0 Å². The second kappa shape index (κ2) is 12.9. The van der Waals surface area contributed by atoms with Gasteiger partial charge in [0.1, 0.15) is 6.10 Å². The number of carbonyl (C=O) groups is 1. The highest BCUT2D eigenvalue weighted by molar-refractivity contribution is 5.66. The summed E-state index contributed by atoms with van der Waals surface area (Å²) in [6.45, 7) is 3.57. The van der Waals surface area contributed by atoms with Gasteiger partial charge in [0.25, 0.3) is 0 Å². The molecule has 0 unspecified atom stereocenters. The summed E-state index contributed by atoms with van der Waals surface area (Å²) in [5, 5.41) is 9.02. The fourth-order valence-corrected chi connectivity index (χ4v) is 2.10. The molecule has 0 aromatic carbocycles. The molecule has 1 N–H and O–H groups in total. The monoisotopic (exact) mass is 258 g/mol. The van der Waals surface area contributed by atoms with E-state index >= 15 is 0 Å². The summed E-state index contributed by atoms with van der Waals surface area (Å²) in [5.74, 6) is -0.301. The number of aliphatic hydroxyl groups is 1. The predicted octanol–water partition coefficient (Wildman–Crippen LogP) is 3.83. The first-order valence-corrected chi connectivity index (χ1v) is 7.48. The van der Waals surface area contributed by atoms with Crippen molar-refractivity contribution in [1.29, 1.82) is 0 Å². The number of aliphatic hydroxyl groups excluding tert-OH is 1. The van der Waals surface area contributed by atoms with Gasteiger partial charge in [-0.15, -0.1) is 0 Å². The van der Waals surface area contributed by atoms with E-state index in [-0.39, 0.29) is 18.7 Å². The predicted molar refractivity (Wildman–Crippen MR) is 74.5 cm³/mol. The summed E-state index contributed by atoms with van der Waals surface area (Å²) in [5.41, 5.74) is 0. The Morgan fingerprint density at radius 3 is 1.94 bits per heavy atom. The van der Waals surface area contributed by atoms with Crippen LogP contribution < -0.4 is 0 Å². The van der Waals surface area contributed by atoms with Gasteiger partial charge in [-0.25, -0.2) is 0 Å². The van der Waals surface area contributed by atoms with E-state index in [1.54, 1.807) is 0 Å². The molecule has 0 rings (SSSR count). The molecular weight excluding hydrogens is 228 g/mol. The molecule has 0 aliphatic rings. The summed E-state index contributed by atoms with van der Waals surface area (Å²) in [4.78, 5) is 10.7. The topological polar surface area (TPSA) is 46.5 Å². The molecule has 0 saturated heterocycles. The maximum atomic E-state index is 10.7. The molecule has 18 heavy (non-hydrogen) atoms. The molecule has 0 aromatic rings. The molecule has 0 aliphatic carbocycles. The first-order chi connectivity index (χ1) is 8.70. The number of hydrogen-bond donors (Lipinski definition) is 1. The Bertz CT molecular complexity index is 192. The zero-order chi connectivity index (χ0) is 13.6. The second-order valence-electron chi connectivity index (χ2n) is 5.03. The van der Waals surface area contributed by atoms with Crippen molar-refractivity contribution in [3.8, 4) is 0 Å². The number of ether oxygens (including phenoxy) is 1. The minimum Gasteiger partial charge on any atom is -0.460 e. The van der Waals surface area contributed by atoms with Crippen molar-refractivity contribution in [2.75, 3.05) is 6.61 Å². The van der Waals surface area contributed by atoms with E-state index in [4.69, 9.17) is 9.84 Å². The zero-order valence-electron chi connectivity index (χ0n) is 12.1. The van der Waals surface area contributed by atoms with E-state index in [0.29, 0.717) is 0 Å². The normalized spacial score (nSPS) is 12.4. The molecule has 0 aromatic heterocycles. The third-order valence-electron chi connectivity index (χ3n) is 3.17. The molecule has 0 bridgehead atoms. The minimum absolute atomic E-state index is 0.0589. The largest absolute Gasteiger partial charge is 0.460 e. The first kappa shape index (κ1) is 17.4. The van der Waals surface area contributed by atoms with Gasteiger partial charge in [-0.2, -0.15) is 0 Å². The van der Waals surface area contributed by atoms with E-state index in [1.165, 1.54) is 58.3 Å². The van der Waals surface area contributed by atoms with Gasteiger partial charge in [0.15, 0.2) is 0 Å². The van der Waals surface area contributed by atoms with Crippen LogP contribution in [0.15, 0.2) is 0 Å². The maximum absolute atomic E-state index is 10.7. The van der Waals surface area contributed by atoms with Gasteiger partial charge in [-0.3, -0.25) is 4.79 Å². The molecule has 108 valence electrons. The van der Waals surface area contributed by atoms with E-state index in [2.05, 4.69) is 6.92 Å². The van der Waals surface area contributed by atoms with Gasteiger partial charge in [0.05, 0.1) is 6.61 Å². The van der Waals surface area contributed by atoms with Gasteiger partial charge in [-0.05, 0) is 12.8 Å². The number of esters is 1. The summed E-state index contributed by atoms with van der Waals surface area (Å²) in [6.07, 6.45) is 12.0. The molecule has 0 amide bonds. The number of carbonyl (C=O) groups excluding carboxylic acids is 1. The van der Waals surface area contributed by atoms with Crippen LogP contribution in [-0.4, -0.2) is 23.8 Å². The molecule has 0 aliphatic heterocycles. The van der Waals surface area contributed by atoms with Crippen molar-refractivity contribution in [3.63, 3.8) is 0 Å².